The van der Waals surface area contributed by atoms with Crippen molar-refractivity contribution in [2.45, 2.75) is 33.3 Å². The fourth-order valence-corrected chi connectivity index (χ4v) is 0.662. The Morgan fingerprint density at radius 1 is 1.36 bits per heavy atom. The van der Waals surface area contributed by atoms with E-state index in [4.69, 9.17) is 0 Å². The van der Waals surface area contributed by atoms with Gasteiger partial charge in [-0.1, -0.05) is 38.2 Å². The van der Waals surface area contributed by atoms with E-state index in [9.17, 15) is 5.11 Å². The normalized spacial score (nSPS) is 13.2. The van der Waals surface area contributed by atoms with Crippen molar-refractivity contribution in [2.24, 2.45) is 5.92 Å². The Balaban J connectivity index is 3.85. The molecule has 64 valence electrons. The summed E-state index contributed by atoms with van der Waals surface area (Å²) < 4.78 is 0. The van der Waals surface area contributed by atoms with Crippen molar-refractivity contribution in [2.75, 3.05) is 0 Å². The van der Waals surface area contributed by atoms with E-state index in [0.717, 1.165) is 11.1 Å². The van der Waals surface area contributed by atoms with Crippen LogP contribution in [0.1, 0.15) is 27.2 Å². The molecule has 0 aromatic rings. The molecule has 0 aromatic carbocycles. The van der Waals surface area contributed by atoms with Gasteiger partial charge in [0.25, 0.3) is 0 Å². The molecule has 0 aromatic heterocycles. The predicted octanol–water partition coefficient (Wildman–Crippen LogP) is 2.53. The molecule has 0 aliphatic carbocycles. The number of allylic oxidation sites excluding steroid dienone is 1. The molecule has 1 atom stereocenters. The van der Waals surface area contributed by atoms with Gasteiger partial charge in [0.15, 0.2) is 0 Å². The van der Waals surface area contributed by atoms with Crippen molar-refractivity contribution in [3.63, 3.8) is 0 Å². The zero-order valence-electron chi connectivity index (χ0n) is 7.72. The van der Waals surface area contributed by atoms with Crippen molar-refractivity contribution >= 4 is 0 Å². The molecule has 11 heavy (non-hydrogen) atoms. The number of hydrogen-bond donors (Lipinski definition) is 1. The summed E-state index contributed by atoms with van der Waals surface area (Å²) in [5.74, 6) is 0.297. The third-order valence-corrected chi connectivity index (χ3v) is 1.83. The van der Waals surface area contributed by atoms with Crippen LogP contribution in [0.4, 0.5) is 0 Å². The molecule has 0 heterocycles. The highest BCUT2D eigenvalue weighted by Gasteiger charge is 2.10. The summed E-state index contributed by atoms with van der Waals surface area (Å²) in [4.78, 5) is 0. The van der Waals surface area contributed by atoms with Gasteiger partial charge in [-0.3, -0.25) is 0 Å². The van der Waals surface area contributed by atoms with Gasteiger partial charge in [0, 0.05) is 0 Å². The molecule has 0 aliphatic rings. The molecule has 0 saturated heterocycles. The first-order valence-corrected chi connectivity index (χ1v) is 3.97. The lowest BCUT2D eigenvalue weighted by atomic mass is 9.97. The van der Waals surface area contributed by atoms with Gasteiger partial charge in [-0.25, -0.2) is 0 Å². The Hall–Kier alpha value is -0.560. The van der Waals surface area contributed by atoms with E-state index >= 15 is 0 Å². The van der Waals surface area contributed by atoms with E-state index in [1.807, 2.05) is 20.8 Å². The van der Waals surface area contributed by atoms with E-state index in [0.29, 0.717) is 12.3 Å². The number of aliphatic hydroxyl groups excluding tert-OH is 1. The smallest absolute Gasteiger partial charge is 0.0603 e. The Morgan fingerprint density at radius 3 is 2.09 bits per heavy atom. The molecule has 0 aliphatic heterocycles. The highest BCUT2D eigenvalue weighted by atomic mass is 16.3. The molecule has 0 fully saturated rings. The minimum absolute atomic E-state index is 0.279. The summed E-state index contributed by atoms with van der Waals surface area (Å²) in [6, 6.07) is 0. The van der Waals surface area contributed by atoms with Gasteiger partial charge in [0.1, 0.15) is 0 Å². The molecular weight excluding hydrogens is 136 g/mol. The maximum absolute atomic E-state index is 9.44. The maximum Gasteiger partial charge on any atom is 0.0603 e. The third-order valence-electron chi connectivity index (χ3n) is 1.83. The lowest BCUT2D eigenvalue weighted by molar-refractivity contribution is 0.126. The predicted molar refractivity (Wildman–Crippen MR) is 49.4 cm³/mol. The molecule has 0 saturated carbocycles. The van der Waals surface area contributed by atoms with Crippen molar-refractivity contribution in [1.82, 2.24) is 0 Å². The molecule has 0 radical (unpaired) electrons. The van der Waals surface area contributed by atoms with Gasteiger partial charge >= 0.3 is 0 Å². The first-order chi connectivity index (χ1) is 4.95. The Kier molecular flexibility index (Phi) is 4.12. The van der Waals surface area contributed by atoms with Crippen LogP contribution in [-0.2, 0) is 0 Å². The molecule has 0 bridgehead atoms. The summed E-state index contributed by atoms with van der Waals surface area (Å²) in [6.07, 6.45) is 0.367. The van der Waals surface area contributed by atoms with Crippen LogP contribution in [0, 0.1) is 5.92 Å². The van der Waals surface area contributed by atoms with Gasteiger partial charge < -0.3 is 5.11 Å². The van der Waals surface area contributed by atoms with Crippen molar-refractivity contribution in [1.29, 1.82) is 0 Å². The lowest BCUT2D eigenvalue weighted by Crippen LogP contribution is -2.15. The fraction of sp³-hybridized carbons (Fsp3) is 0.600. The van der Waals surface area contributed by atoms with Crippen LogP contribution < -0.4 is 0 Å². The molecule has 1 heteroatoms. The van der Waals surface area contributed by atoms with Crippen LogP contribution in [0.5, 0.6) is 0 Å². The molecule has 0 rings (SSSR count). The first-order valence-electron chi connectivity index (χ1n) is 3.97. The molecule has 1 unspecified atom stereocenters. The number of aliphatic hydroxyl groups is 1. The maximum atomic E-state index is 9.44. The highest BCUT2D eigenvalue weighted by Crippen LogP contribution is 2.15. The van der Waals surface area contributed by atoms with Crippen LogP contribution >= 0.6 is 0 Å². The Labute approximate surface area is 69.4 Å². The second-order valence-corrected chi connectivity index (χ2v) is 3.40. The minimum atomic E-state index is -0.279. The van der Waals surface area contributed by atoms with Gasteiger partial charge in [-0.2, -0.15) is 0 Å². The van der Waals surface area contributed by atoms with Gasteiger partial charge in [0.2, 0.25) is 0 Å². The topological polar surface area (TPSA) is 20.2 Å². The van der Waals surface area contributed by atoms with Crippen molar-refractivity contribution in [3.8, 4) is 0 Å². The van der Waals surface area contributed by atoms with Crippen LogP contribution in [0.3, 0.4) is 0 Å². The van der Waals surface area contributed by atoms with Crippen molar-refractivity contribution < 1.29 is 5.11 Å². The summed E-state index contributed by atoms with van der Waals surface area (Å²) >= 11 is 0. The van der Waals surface area contributed by atoms with E-state index in [1.54, 1.807) is 0 Å². The fourth-order valence-electron chi connectivity index (χ4n) is 0.662. The van der Waals surface area contributed by atoms with E-state index in [2.05, 4.69) is 13.2 Å². The zero-order valence-corrected chi connectivity index (χ0v) is 7.72. The van der Waals surface area contributed by atoms with E-state index in [-0.39, 0.29) is 6.10 Å². The first kappa shape index (κ1) is 10.4. The van der Waals surface area contributed by atoms with Crippen LogP contribution in [0.25, 0.3) is 0 Å². The Bertz CT molecular complexity index is 156. The SMILES string of the molecule is C=C(C)C(=C)CC(O)C(C)C. The molecule has 1 nitrogen and oxygen atoms in total. The monoisotopic (exact) mass is 154 g/mol. The summed E-state index contributed by atoms with van der Waals surface area (Å²) in [6.45, 7) is 13.5. The summed E-state index contributed by atoms with van der Waals surface area (Å²) in [7, 11) is 0. The van der Waals surface area contributed by atoms with Crippen molar-refractivity contribution in [3.05, 3.63) is 24.3 Å². The largest absolute Gasteiger partial charge is 0.393 e. The average Bonchev–Trinajstić information content (AvgIpc) is 1.87. The van der Waals surface area contributed by atoms with E-state index < -0.39 is 0 Å². The third kappa shape index (κ3) is 3.99. The lowest BCUT2D eigenvalue weighted by Gasteiger charge is -2.15. The number of rotatable bonds is 4. The summed E-state index contributed by atoms with van der Waals surface area (Å²) in [5.41, 5.74) is 1.91. The average molecular weight is 154 g/mol. The quantitative estimate of drug-likeness (QED) is 0.617. The second-order valence-electron chi connectivity index (χ2n) is 3.40. The second kappa shape index (κ2) is 4.35. The molecule has 0 spiro atoms. The molecule has 1 N–H and O–H groups in total. The van der Waals surface area contributed by atoms with Gasteiger partial charge in [-0.15, -0.1) is 0 Å². The highest BCUT2D eigenvalue weighted by molar-refractivity contribution is 5.23. The van der Waals surface area contributed by atoms with Gasteiger partial charge in [-0.05, 0) is 19.3 Å². The molecular formula is C10H18O. The van der Waals surface area contributed by atoms with Crippen LogP contribution in [0.2, 0.25) is 0 Å². The van der Waals surface area contributed by atoms with Gasteiger partial charge in [0.05, 0.1) is 6.10 Å². The van der Waals surface area contributed by atoms with Crippen LogP contribution in [0.15, 0.2) is 24.3 Å². The number of hydrogen-bond acceptors (Lipinski definition) is 1. The zero-order chi connectivity index (χ0) is 9.02. The van der Waals surface area contributed by atoms with E-state index in [1.165, 1.54) is 0 Å². The molecule has 0 amide bonds. The minimum Gasteiger partial charge on any atom is -0.393 e. The van der Waals surface area contributed by atoms with Crippen LogP contribution in [-0.4, -0.2) is 11.2 Å². The summed E-state index contributed by atoms with van der Waals surface area (Å²) in [5, 5.41) is 9.44. The standard InChI is InChI=1S/C10H18O/c1-7(2)9(5)6-10(11)8(3)4/h8,10-11H,1,5-6H2,2-4H3. The Morgan fingerprint density at radius 2 is 1.82 bits per heavy atom.